The SMILES string of the molecule is CC1CCCC(n2cnc(-c3cc(Cl)ccc3-n3cc(C#N)nn3)cc2=O)c2cc(ccn2)-c2ccccc2NC1=O. The molecule has 1 aliphatic rings. The smallest absolute Gasteiger partial charge is 0.254 e. The van der Waals surface area contributed by atoms with Crippen molar-refractivity contribution < 1.29 is 4.79 Å². The number of aromatic nitrogens is 6. The van der Waals surface area contributed by atoms with Gasteiger partial charge < -0.3 is 5.32 Å². The minimum Gasteiger partial charge on any atom is -0.325 e. The Labute approximate surface area is 246 Å². The molecule has 0 saturated carbocycles. The number of benzene rings is 2. The van der Waals surface area contributed by atoms with Crippen LogP contribution in [0, 0.1) is 17.2 Å². The van der Waals surface area contributed by atoms with Gasteiger partial charge in [0, 0.05) is 40.0 Å². The van der Waals surface area contributed by atoms with Crippen LogP contribution in [0.15, 0.2) is 84.2 Å². The molecule has 0 radical (unpaired) electrons. The van der Waals surface area contributed by atoms with E-state index in [1.807, 2.05) is 49.4 Å². The second-order valence-corrected chi connectivity index (χ2v) is 10.6. The first kappa shape index (κ1) is 27.1. The zero-order chi connectivity index (χ0) is 29.2. The summed E-state index contributed by atoms with van der Waals surface area (Å²) in [5, 5.41) is 20.6. The molecule has 1 aliphatic heterocycles. The van der Waals surface area contributed by atoms with Crippen molar-refractivity contribution in [2.75, 3.05) is 5.32 Å². The number of amides is 1. The van der Waals surface area contributed by atoms with Gasteiger partial charge in [0.2, 0.25) is 5.91 Å². The number of rotatable bonds is 3. The molecule has 2 bridgehead atoms. The Hall–Kier alpha value is -5.14. The Bertz CT molecular complexity index is 1910. The lowest BCUT2D eigenvalue weighted by molar-refractivity contribution is -0.119. The average Bonchev–Trinajstić information content (AvgIpc) is 3.49. The number of hydrogen-bond donors (Lipinski definition) is 1. The molecule has 208 valence electrons. The van der Waals surface area contributed by atoms with E-state index in [4.69, 9.17) is 11.6 Å². The number of hydrogen-bond acceptors (Lipinski definition) is 7. The second kappa shape index (κ2) is 11.4. The highest BCUT2D eigenvalue weighted by atomic mass is 35.5. The van der Waals surface area contributed by atoms with E-state index >= 15 is 0 Å². The van der Waals surface area contributed by atoms with Crippen LogP contribution in [0.1, 0.15) is 43.6 Å². The molecule has 1 N–H and O–H groups in total. The van der Waals surface area contributed by atoms with Gasteiger partial charge in [0.25, 0.3) is 5.56 Å². The number of fused-ring (bicyclic) bond motifs is 4. The summed E-state index contributed by atoms with van der Waals surface area (Å²) in [6, 6.07) is 19.7. The molecule has 0 fully saturated rings. The molecule has 6 rings (SSSR count). The third-order valence-electron chi connectivity index (χ3n) is 7.44. The summed E-state index contributed by atoms with van der Waals surface area (Å²) in [7, 11) is 0. The van der Waals surface area contributed by atoms with Crippen molar-refractivity contribution in [3.63, 3.8) is 0 Å². The van der Waals surface area contributed by atoms with Gasteiger partial charge in [-0.1, -0.05) is 48.4 Å². The maximum Gasteiger partial charge on any atom is 0.254 e. The highest BCUT2D eigenvalue weighted by Crippen LogP contribution is 2.33. The van der Waals surface area contributed by atoms with Gasteiger partial charge in [-0.2, -0.15) is 5.26 Å². The van der Waals surface area contributed by atoms with Crippen LogP contribution in [-0.4, -0.2) is 35.4 Å². The lowest BCUT2D eigenvalue weighted by Crippen LogP contribution is -2.27. The number of nitrogens with zero attached hydrogens (tertiary/aromatic N) is 7. The number of pyridine rings is 1. The molecule has 4 heterocycles. The summed E-state index contributed by atoms with van der Waals surface area (Å²) in [6.45, 7) is 1.91. The van der Waals surface area contributed by atoms with Crippen LogP contribution >= 0.6 is 11.6 Å². The van der Waals surface area contributed by atoms with Crippen LogP contribution in [-0.2, 0) is 4.79 Å². The van der Waals surface area contributed by atoms with Crippen LogP contribution in [0.5, 0.6) is 0 Å². The predicted molar refractivity (Wildman–Crippen MR) is 158 cm³/mol. The summed E-state index contributed by atoms with van der Waals surface area (Å²) < 4.78 is 3.04. The highest BCUT2D eigenvalue weighted by Gasteiger charge is 2.23. The number of carbonyl (C=O) groups is 1. The average molecular weight is 577 g/mol. The van der Waals surface area contributed by atoms with E-state index in [1.54, 1.807) is 29.0 Å². The van der Waals surface area contributed by atoms with E-state index in [1.165, 1.54) is 23.3 Å². The zero-order valence-corrected chi connectivity index (χ0v) is 23.4. The monoisotopic (exact) mass is 576 g/mol. The third kappa shape index (κ3) is 5.30. The number of nitrogens with one attached hydrogen (secondary N) is 1. The van der Waals surface area contributed by atoms with E-state index in [-0.39, 0.29) is 23.1 Å². The van der Waals surface area contributed by atoms with Gasteiger partial charge in [-0.15, -0.1) is 5.10 Å². The van der Waals surface area contributed by atoms with Crippen molar-refractivity contribution in [1.29, 1.82) is 5.26 Å². The second-order valence-electron chi connectivity index (χ2n) is 10.2. The first-order chi connectivity index (χ1) is 20.4. The van der Waals surface area contributed by atoms with Gasteiger partial charge in [0.15, 0.2) is 5.69 Å². The fourth-order valence-electron chi connectivity index (χ4n) is 5.21. The Balaban J connectivity index is 1.43. The van der Waals surface area contributed by atoms with E-state index in [0.717, 1.165) is 22.5 Å². The third-order valence-corrected chi connectivity index (χ3v) is 7.68. The molecule has 2 aromatic carbocycles. The molecule has 0 aliphatic carbocycles. The van der Waals surface area contributed by atoms with Gasteiger partial charge >= 0.3 is 0 Å². The topological polar surface area (TPSA) is 131 Å². The minimum absolute atomic E-state index is 0.0383. The Morgan fingerprint density at radius 3 is 2.69 bits per heavy atom. The first-order valence-corrected chi connectivity index (χ1v) is 13.9. The van der Waals surface area contributed by atoms with Crippen molar-refractivity contribution in [3.8, 4) is 34.1 Å². The van der Waals surface area contributed by atoms with Gasteiger partial charge in [-0.3, -0.25) is 19.1 Å². The molecule has 0 saturated heterocycles. The van der Waals surface area contributed by atoms with Crippen molar-refractivity contribution in [3.05, 3.63) is 106 Å². The van der Waals surface area contributed by atoms with Gasteiger partial charge in [0.05, 0.1) is 35.6 Å². The summed E-state index contributed by atoms with van der Waals surface area (Å²) in [6.07, 6.45) is 6.69. The van der Waals surface area contributed by atoms with Gasteiger partial charge in [-0.05, 0) is 54.8 Å². The van der Waals surface area contributed by atoms with Crippen molar-refractivity contribution in [1.82, 2.24) is 29.5 Å². The van der Waals surface area contributed by atoms with E-state index < -0.39 is 6.04 Å². The van der Waals surface area contributed by atoms with Crippen LogP contribution in [0.25, 0.3) is 28.1 Å². The van der Waals surface area contributed by atoms with E-state index in [9.17, 15) is 14.9 Å². The largest absolute Gasteiger partial charge is 0.325 e. The summed E-state index contributed by atoms with van der Waals surface area (Å²) >= 11 is 6.32. The molecule has 10 nitrogen and oxygen atoms in total. The molecule has 5 aromatic rings. The number of para-hydroxylation sites is 1. The van der Waals surface area contributed by atoms with Crippen LogP contribution in [0.2, 0.25) is 5.02 Å². The molecule has 2 atom stereocenters. The molecule has 2 unspecified atom stereocenters. The first-order valence-electron chi connectivity index (χ1n) is 13.5. The zero-order valence-electron chi connectivity index (χ0n) is 22.6. The van der Waals surface area contributed by atoms with E-state index in [0.29, 0.717) is 41.2 Å². The van der Waals surface area contributed by atoms with Crippen LogP contribution in [0.3, 0.4) is 0 Å². The molecular formula is C31H25ClN8O2. The molecule has 3 aromatic heterocycles. The molecule has 1 amide bonds. The Morgan fingerprint density at radius 1 is 1.02 bits per heavy atom. The summed E-state index contributed by atoms with van der Waals surface area (Å²) in [4.78, 5) is 36.0. The maximum absolute atomic E-state index is 13.7. The fraction of sp³-hybridized carbons (Fsp3) is 0.194. The number of halogens is 1. The summed E-state index contributed by atoms with van der Waals surface area (Å²) in [5.74, 6) is -0.245. The normalized spacial score (nSPS) is 16.8. The predicted octanol–water partition coefficient (Wildman–Crippen LogP) is 5.43. The molecule has 42 heavy (non-hydrogen) atoms. The van der Waals surface area contributed by atoms with Crippen LogP contribution in [0.4, 0.5) is 5.69 Å². The lowest BCUT2D eigenvalue weighted by atomic mass is 9.95. The van der Waals surface area contributed by atoms with Gasteiger partial charge in [0.1, 0.15) is 6.07 Å². The molecule has 0 spiro atoms. The standard InChI is InChI=1S/C31H25ClN8O2/c1-19-5-4-8-29(27-13-20(11-12-34-27)23-6-2-3-7-25(23)36-31(19)42)39-18-35-26(15-30(39)41)24-14-21(32)9-10-28(24)40-17-22(16-33)37-38-40/h2-3,6-7,9-15,17-19,29H,4-5,8H2,1H3,(H,36,42). The van der Waals surface area contributed by atoms with E-state index in [2.05, 4.69) is 25.6 Å². The van der Waals surface area contributed by atoms with Crippen LogP contribution < -0.4 is 10.9 Å². The van der Waals surface area contributed by atoms with Crippen molar-refractivity contribution in [2.24, 2.45) is 5.92 Å². The number of anilines is 1. The lowest BCUT2D eigenvalue weighted by Gasteiger charge is -2.23. The molecular weight excluding hydrogens is 552 g/mol. The van der Waals surface area contributed by atoms with Gasteiger partial charge in [-0.25, -0.2) is 9.67 Å². The molecule has 11 heteroatoms. The Morgan fingerprint density at radius 2 is 1.88 bits per heavy atom. The summed E-state index contributed by atoms with van der Waals surface area (Å²) in [5.41, 5.74) is 4.66. The minimum atomic E-state index is -0.395. The maximum atomic E-state index is 13.7. The highest BCUT2D eigenvalue weighted by molar-refractivity contribution is 6.31. The quantitative estimate of drug-likeness (QED) is 0.303. The van der Waals surface area contributed by atoms with Crippen molar-refractivity contribution >= 4 is 23.2 Å². The number of nitriles is 1. The fourth-order valence-corrected chi connectivity index (χ4v) is 5.39. The number of carbonyl (C=O) groups excluding carboxylic acids is 1. The Kier molecular flexibility index (Phi) is 7.33. The van der Waals surface area contributed by atoms with Crippen molar-refractivity contribution in [2.45, 2.75) is 32.2 Å².